The van der Waals surface area contributed by atoms with Crippen molar-refractivity contribution in [3.63, 3.8) is 0 Å². The van der Waals surface area contributed by atoms with Crippen LogP contribution in [0.3, 0.4) is 0 Å². The molecule has 0 spiro atoms. The zero-order chi connectivity index (χ0) is 11.6. The first-order valence-corrected chi connectivity index (χ1v) is 6.61. The first-order valence-electron chi connectivity index (χ1n) is 4.96. The number of nitrogens with two attached hydrogens (primary N) is 1. The molecule has 1 aliphatic rings. The normalized spacial score (nSPS) is 14.1. The summed E-state index contributed by atoms with van der Waals surface area (Å²) in [7, 11) is -3.26. The van der Waals surface area contributed by atoms with Crippen LogP contribution in [0.4, 0.5) is 0 Å². The van der Waals surface area contributed by atoms with Gasteiger partial charge in [-0.05, 0) is 25.1 Å². The smallest absolute Gasteiger partial charge is 0.231 e. The van der Waals surface area contributed by atoms with Gasteiger partial charge >= 0.3 is 0 Å². The Labute approximate surface area is 94.1 Å². The number of benzene rings is 1. The molecule has 1 heterocycles. The molecule has 1 aromatic carbocycles. The molecular weight excluding hydrogens is 230 g/mol. The Morgan fingerprint density at radius 1 is 1.25 bits per heavy atom. The van der Waals surface area contributed by atoms with Gasteiger partial charge in [-0.1, -0.05) is 0 Å². The Balaban J connectivity index is 2.27. The SMILES string of the molecule is NCCCS(=O)(=O)c1ccc2c(c1)OCO2. The highest BCUT2D eigenvalue weighted by Crippen LogP contribution is 2.34. The Bertz CT molecular complexity index is 484. The van der Waals surface area contributed by atoms with Crippen molar-refractivity contribution in [1.82, 2.24) is 0 Å². The highest BCUT2D eigenvalue weighted by Gasteiger charge is 2.19. The molecule has 0 amide bonds. The molecule has 0 atom stereocenters. The van der Waals surface area contributed by atoms with Crippen LogP contribution in [0.15, 0.2) is 23.1 Å². The molecule has 2 rings (SSSR count). The number of fused-ring (bicyclic) bond motifs is 1. The number of sulfone groups is 1. The second-order valence-electron chi connectivity index (χ2n) is 3.48. The topological polar surface area (TPSA) is 78.6 Å². The summed E-state index contributed by atoms with van der Waals surface area (Å²) in [6.45, 7) is 0.505. The second kappa shape index (κ2) is 4.31. The minimum absolute atomic E-state index is 0.0587. The zero-order valence-corrected chi connectivity index (χ0v) is 9.50. The van der Waals surface area contributed by atoms with Gasteiger partial charge in [0, 0.05) is 6.07 Å². The molecule has 1 aromatic rings. The molecule has 0 fully saturated rings. The molecule has 0 saturated carbocycles. The number of ether oxygens (including phenoxy) is 2. The van der Waals surface area contributed by atoms with Gasteiger partial charge in [-0.15, -0.1) is 0 Å². The third-order valence-electron chi connectivity index (χ3n) is 2.32. The van der Waals surface area contributed by atoms with Crippen molar-refractivity contribution < 1.29 is 17.9 Å². The monoisotopic (exact) mass is 243 g/mol. The summed E-state index contributed by atoms with van der Waals surface area (Å²) in [5.74, 6) is 1.12. The van der Waals surface area contributed by atoms with Crippen LogP contribution in [0.5, 0.6) is 11.5 Å². The van der Waals surface area contributed by atoms with E-state index in [2.05, 4.69) is 0 Å². The van der Waals surface area contributed by atoms with E-state index in [4.69, 9.17) is 15.2 Å². The van der Waals surface area contributed by atoms with E-state index in [0.29, 0.717) is 24.5 Å². The molecule has 16 heavy (non-hydrogen) atoms. The van der Waals surface area contributed by atoms with Crippen molar-refractivity contribution in [2.24, 2.45) is 5.73 Å². The predicted octanol–water partition coefficient (Wildman–Crippen LogP) is 0.538. The van der Waals surface area contributed by atoms with Gasteiger partial charge in [0.2, 0.25) is 6.79 Å². The van der Waals surface area contributed by atoms with E-state index < -0.39 is 9.84 Å². The minimum atomic E-state index is -3.26. The number of hydrogen-bond donors (Lipinski definition) is 1. The van der Waals surface area contributed by atoms with Gasteiger partial charge in [0.1, 0.15) is 0 Å². The van der Waals surface area contributed by atoms with Crippen molar-refractivity contribution in [3.8, 4) is 11.5 Å². The van der Waals surface area contributed by atoms with Crippen molar-refractivity contribution >= 4 is 9.84 Å². The van der Waals surface area contributed by atoms with E-state index in [9.17, 15) is 8.42 Å². The van der Waals surface area contributed by atoms with Gasteiger partial charge in [-0.2, -0.15) is 0 Å². The summed E-state index contributed by atoms with van der Waals surface area (Å²) < 4.78 is 33.9. The van der Waals surface area contributed by atoms with Crippen LogP contribution >= 0.6 is 0 Å². The Kier molecular flexibility index (Phi) is 3.02. The van der Waals surface area contributed by atoms with Gasteiger partial charge < -0.3 is 15.2 Å². The predicted molar refractivity (Wildman–Crippen MR) is 58.3 cm³/mol. The van der Waals surface area contributed by atoms with Crippen molar-refractivity contribution in [1.29, 1.82) is 0 Å². The quantitative estimate of drug-likeness (QED) is 0.835. The maximum Gasteiger partial charge on any atom is 0.231 e. The molecule has 0 aromatic heterocycles. The maximum atomic E-state index is 11.8. The molecule has 0 aliphatic carbocycles. The fourth-order valence-corrected chi connectivity index (χ4v) is 2.81. The van der Waals surface area contributed by atoms with Crippen LogP contribution in [-0.2, 0) is 9.84 Å². The van der Waals surface area contributed by atoms with Crippen LogP contribution in [0.1, 0.15) is 6.42 Å². The third kappa shape index (κ3) is 2.12. The minimum Gasteiger partial charge on any atom is -0.454 e. The molecule has 2 N–H and O–H groups in total. The lowest BCUT2D eigenvalue weighted by Gasteiger charge is -2.04. The van der Waals surface area contributed by atoms with Crippen molar-refractivity contribution in [2.75, 3.05) is 19.1 Å². The van der Waals surface area contributed by atoms with E-state index in [1.54, 1.807) is 6.07 Å². The molecule has 0 saturated heterocycles. The largest absolute Gasteiger partial charge is 0.454 e. The molecular formula is C10H13NO4S. The number of rotatable bonds is 4. The van der Waals surface area contributed by atoms with Crippen LogP contribution in [-0.4, -0.2) is 27.5 Å². The summed E-state index contributed by atoms with van der Waals surface area (Å²) in [5.41, 5.74) is 5.29. The second-order valence-corrected chi connectivity index (χ2v) is 5.59. The van der Waals surface area contributed by atoms with Crippen LogP contribution in [0.2, 0.25) is 0 Å². The Morgan fingerprint density at radius 3 is 2.75 bits per heavy atom. The summed E-state index contributed by atoms with van der Waals surface area (Å²) in [6, 6.07) is 4.63. The van der Waals surface area contributed by atoms with E-state index in [-0.39, 0.29) is 17.4 Å². The van der Waals surface area contributed by atoms with Gasteiger partial charge in [0.05, 0.1) is 10.6 Å². The van der Waals surface area contributed by atoms with Gasteiger partial charge in [0.25, 0.3) is 0 Å². The van der Waals surface area contributed by atoms with Gasteiger partial charge in [-0.3, -0.25) is 0 Å². The summed E-state index contributed by atoms with van der Waals surface area (Å²) in [5, 5.41) is 0. The zero-order valence-electron chi connectivity index (χ0n) is 8.68. The van der Waals surface area contributed by atoms with Gasteiger partial charge in [-0.25, -0.2) is 8.42 Å². The van der Waals surface area contributed by atoms with Crippen molar-refractivity contribution in [2.45, 2.75) is 11.3 Å². The first kappa shape index (κ1) is 11.2. The Morgan fingerprint density at radius 2 is 2.00 bits per heavy atom. The van der Waals surface area contributed by atoms with Crippen LogP contribution < -0.4 is 15.2 Å². The van der Waals surface area contributed by atoms with E-state index in [0.717, 1.165) is 0 Å². The lowest BCUT2D eigenvalue weighted by atomic mass is 10.3. The summed E-state index contributed by atoms with van der Waals surface area (Å²) >= 11 is 0. The average molecular weight is 243 g/mol. The molecule has 1 aliphatic heterocycles. The lowest BCUT2D eigenvalue weighted by molar-refractivity contribution is 0.174. The van der Waals surface area contributed by atoms with E-state index in [1.807, 2.05) is 0 Å². The molecule has 0 radical (unpaired) electrons. The standard InChI is InChI=1S/C10H13NO4S/c11-4-1-5-16(12,13)8-2-3-9-10(6-8)15-7-14-9/h2-3,6H,1,4-5,7,11H2. The maximum absolute atomic E-state index is 11.8. The average Bonchev–Trinajstić information content (AvgIpc) is 2.73. The Hall–Kier alpha value is -1.27. The van der Waals surface area contributed by atoms with E-state index in [1.165, 1.54) is 12.1 Å². The number of hydrogen-bond acceptors (Lipinski definition) is 5. The fourth-order valence-electron chi connectivity index (χ4n) is 1.46. The first-order chi connectivity index (χ1) is 7.63. The molecule has 88 valence electrons. The third-order valence-corrected chi connectivity index (χ3v) is 4.12. The molecule has 0 bridgehead atoms. The summed E-state index contributed by atoms with van der Waals surface area (Å²) in [4.78, 5) is 0.255. The lowest BCUT2D eigenvalue weighted by Crippen LogP contribution is -2.11. The molecule has 0 unspecified atom stereocenters. The molecule has 6 heteroatoms. The van der Waals surface area contributed by atoms with Gasteiger partial charge in [0.15, 0.2) is 21.3 Å². The van der Waals surface area contributed by atoms with E-state index >= 15 is 0 Å². The van der Waals surface area contributed by atoms with Crippen molar-refractivity contribution in [3.05, 3.63) is 18.2 Å². The fraction of sp³-hybridized carbons (Fsp3) is 0.400. The molecule has 5 nitrogen and oxygen atoms in total. The summed E-state index contributed by atoms with van der Waals surface area (Å²) in [6.07, 6.45) is 0.455. The van der Waals surface area contributed by atoms with Crippen LogP contribution in [0.25, 0.3) is 0 Å². The highest BCUT2D eigenvalue weighted by molar-refractivity contribution is 7.91. The van der Waals surface area contributed by atoms with Crippen LogP contribution in [0, 0.1) is 0 Å². The highest BCUT2D eigenvalue weighted by atomic mass is 32.2.